The Labute approximate surface area is 160 Å². The zero-order valence-electron chi connectivity index (χ0n) is 15.6. The molecule has 2 aromatic carbocycles. The summed E-state index contributed by atoms with van der Waals surface area (Å²) < 4.78 is 32.8. The number of ether oxygens (including phenoxy) is 1. The number of hydrogen-bond donors (Lipinski definition) is 2. The highest BCUT2D eigenvalue weighted by Crippen LogP contribution is 2.45. The van der Waals surface area contributed by atoms with Gasteiger partial charge in [0.25, 0.3) is 0 Å². The Balaban J connectivity index is 1.73. The van der Waals surface area contributed by atoms with Crippen molar-refractivity contribution in [2.24, 2.45) is 0 Å². The van der Waals surface area contributed by atoms with Crippen LogP contribution in [0.5, 0.6) is 5.75 Å². The van der Waals surface area contributed by atoms with Crippen molar-refractivity contribution in [3.05, 3.63) is 48.5 Å². The number of anilines is 2. The van der Waals surface area contributed by atoms with Gasteiger partial charge >= 0.3 is 0 Å². The summed E-state index contributed by atoms with van der Waals surface area (Å²) in [5.41, 5.74) is 0.797. The van der Waals surface area contributed by atoms with Gasteiger partial charge < -0.3 is 20.3 Å². The second-order valence-corrected chi connectivity index (χ2v) is 9.51. The Morgan fingerprint density at radius 1 is 1.04 bits per heavy atom. The second-order valence-electron chi connectivity index (χ2n) is 7.48. The van der Waals surface area contributed by atoms with Gasteiger partial charge in [0.15, 0.2) is 11.1 Å². The van der Waals surface area contributed by atoms with Crippen molar-refractivity contribution in [2.75, 3.05) is 36.4 Å². The van der Waals surface area contributed by atoms with Gasteiger partial charge in [0, 0.05) is 26.2 Å². The summed E-state index contributed by atoms with van der Waals surface area (Å²) in [6.45, 7) is 7.28. The Kier molecular flexibility index (Phi) is 4.52. The van der Waals surface area contributed by atoms with Crippen LogP contribution in [0.1, 0.15) is 13.8 Å². The largest absolute Gasteiger partial charge is 0.480 e. The average molecular weight is 388 g/mol. The van der Waals surface area contributed by atoms with Gasteiger partial charge in [-0.05, 0) is 38.1 Å². The third-order valence-corrected chi connectivity index (χ3v) is 7.35. The zero-order valence-corrected chi connectivity index (χ0v) is 16.4. The van der Waals surface area contributed by atoms with Gasteiger partial charge in [0.1, 0.15) is 5.60 Å². The number of rotatable bonds is 3. The van der Waals surface area contributed by atoms with Gasteiger partial charge in [0.05, 0.1) is 16.3 Å². The Bertz CT molecular complexity index is 923. The SMILES string of the molecule is CC1(C)Oc2c(cccc2N2CCNCC2)NC1S(=O)(=O)c1ccccc1. The van der Waals surface area contributed by atoms with E-state index in [-0.39, 0.29) is 0 Å². The molecule has 0 aliphatic carbocycles. The lowest BCUT2D eigenvalue weighted by Crippen LogP contribution is -2.54. The molecule has 2 aliphatic heterocycles. The summed E-state index contributed by atoms with van der Waals surface area (Å²) in [6, 6.07) is 14.4. The highest BCUT2D eigenvalue weighted by molar-refractivity contribution is 7.92. The minimum absolute atomic E-state index is 0.292. The van der Waals surface area contributed by atoms with Crippen LogP contribution in [0.3, 0.4) is 0 Å². The first-order valence-corrected chi connectivity index (χ1v) is 10.8. The number of para-hydroxylation sites is 1. The van der Waals surface area contributed by atoms with Gasteiger partial charge in [-0.2, -0.15) is 0 Å². The molecule has 1 fully saturated rings. The lowest BCUT2D eigenvalue weighted by Gasteiger charge is -2.42. The van der Waals surface area contributed by atoms with E-state index in [1.165, 1.54) is 0 Å². The molecule has 7 heteroatoms. The topological polar surface area (TPSA) is 70.7 Å². The lowest BCUT2D eigenvalue weighted by atomic mass is 10.1. The summed E-state index contributed by atoms with van der Waals surface area (Å²) in [4.78, 5) is 2.57. The number of nitrogens with zero attached hydrogens (tertiary/aromatic N) is 1. The molecule has 4 rings (SSSR count). The standard InChI is InChI=1S/C20H25N3O3S/c1-20(2)19(27(24,25)15-7-4-3-5-8-15)22-16-9-6-10-17(18(16)26-20)23-13-11-21-12-14-23/h3-10,19,21-22H,11-14H2,1-2H3. The van der Waals surface area contributed by atoms with Crippen LogP contribution in [0.15, 0.2) is 53.4 Å². The predicted molar refractivity (Wildman–Crippen MR) is 107 cm³/mol. The first-order valence-electron chi connectivity index (χ1n) is 9.23. The van der Waals surface area contributed by atoms with E-state index in [0.717, 1.165) is 43.3 Å². The fraction of sp³-hybridized carbons (Fsp3) is 0.400. The molecule has 0 aromatic heterocycles. The number of piperazine rings is 1. The van der Waals surface area contributed by atoms with Crippen LogP contribution in [0.25, 0.3) is 0 Å². The van der Waals surface area contributed by atoms with E-state index in [2.05, 4.69) is 15.5 Å². The van der Waals surface area contributed by atoms with E-state index >= 15 is 0 Å². The number of hydrogen-bond acceptors (Lipinski definition) is 6. The van der Waals surface area contributed by atoms with Gasteiger partial charge in [-0.3, -0.25) is 0 Å². The number of nitrogens with one attached hydrogen (secondary N) is 2. The molecule has 0 saturated carbocycles. The third-order valence-electron chi connectivity index (χ3n) is 5.12. The van der Waals surface area contributed by atoms with Gasteiger partial charge in [-0.15, -0.1) is 0 Å². The van der Waals surface area contributed by atoms with E-state index in [0.29, 0.717) is 4.90 Å². The van der Waals surface area contributed by atoms with Crippen molar-refractivity contribution >= 4 is 21.2 Å². The maximum absolute atomic E-state index is 13.2. The van der Waals surface area contributed by atoms with Crippen LogP contribution in [-0.2, 0) is 9.84 Å². The Hall–Kier alpha value is -2.25. The quantitative estimate of drug-likeness (QED) is 0.843. The van der Waals surface area contributed by atoms with Crippen LogP contribution in [0, 0.1) is 0 Å². The van der Waals surface area contributed by atoms with Crippen molar-refractivity contribution in [1.29, 1.82) is 0 Å². The van der Waals surface area contributed by atoms with E-state index in [9.17, 15) is 8.42 Å². The van der Waals surface area contributed by atoms with E-state index < -0.39 is 20.8 Å². The van der Waals surface area contributed by atoms with Crippen molar-refractivity contribution in [3.8, 4) is 5.75 Å². The van der Waals surface area contributed by atoms with Crippen LogP contribution in [-0.4, -0.2) is 45.6 Å². The molecule has 2 aromatic rings. The van der Waals surface area contributed by atoms with Crippen molar-refractivity contribution in [1.82, 2.24) is 5.32 Å². The summed E-state index contributed by atoms with van der Waals surface area (Å²) in [7, 11) is -3.61. The highest BCUT2D eigenvalue weighted by Gasteiger charge is 2.46. The molecular weight excluding hydrogens is 362 g/mol. The molecule has 2 aliphatic rings. The smallest absolute Gasteiger partial charge is 0.203 e. The monoisotopic (exact) mass is 387 g/mol. The molecule has 1 atom stereocenters. The van der Waals surface area contributed by atoms with Crippen LogP contribution in [0.4, 0.5) is 11.4 Å². The lowest BCUT2D eigenvalue weighted by molar-refractivity contribution is 0.103. The highest BCUT2D eigenvalue weighted by atomic mass is 32.2. The van der Waals surface area contributed by atoms with Crippen LogP contribution in [0.2, 0.25) is 0 Å². The van der Waals surface area contributed by atoms with Crippen LogP contribution >= 0.6 is 0 Å². The second kappa shape index (κ2) is 6.73. The molecule has 6 nitrogen and oxygen atoms in total. The number of sulfone groups is 1. The Morgan fingerprint density at radius 2 is 1.74 bits per heavy atom. The molecule has 1 unspecified atom stereocenters. The number of benzene rings is 2. The molecule has 2 N–H and O–H groups in total. The van der Waals surface area contributed by atoms with E-state index in [1.54, 1.807) is 24.3 Å². The van der Waals surface area contributed by atoms with Crippen molar-refractivity contribution < 1.29 is 13.2 Å². The normalized spacial score (nSPS) is 21.7. The van der Waals surface area contributed by atoms with E-state index in [4.69, 9.17) is 4.74 Å². The molecule has 27 heavy (non-hydrogen) atoms. The summed E-state index contributed by atoms with van der Waals surface area (Å²) >= 11 is 0. The molecule has 144 valence electrons. The molecule has 0 amide bonds. The molecule has 2 heterocycles. The fourth-order valence-electron chi connectivity index (χ4n) is 3.73. The fourth-order valence-corrected chi connectivity index (χ4v) is 5.62. The summed E-state index contributed by atoms with van der Waals surface area (Å²) in [6.07, 6.45) is 0. The Morgan fingerprint density at radius 3 is 2.44 bits per heavy atom. The van der Waals surface area contributed by atoms with Crippen LogP contribution < -0.4 is 20.3 Å². The molecule has 0 bridgehead atoms. The third kappa shape index (κ3) is 3.26. The zero-order chi connectivity index (χ0) is 19.1. The molecule has 0 radical (unpaired) electrons. The first kappa shape index (κ1) is 18.1. The first-order chi connectivity index (χ1) is 12.9. The van der Waals surface area contributed by atoms with Crippen molar-refractivity contribution in [3.63, 3.8) is 0 Å². The summed E-state index contributed by atoms with van der Waals surface area (Å²) in [5.74, 6) is 0.726. The minimum Gasteiger partial charge on any atom is -0.480 e. The molecular formula is C20H25N3O3S. The van der Waals surface area contributed by atoms with Gasteiger partial charge in [0.2, 0.25) is 9.84 Å². The average Bonchev–Trinajstić information content (AvgIpc) is 2.67. The number of fused-ring (bicyclic) bond motifs is 1. The molecule has 1 saturated heterocycles. The molecule has 0 spiro atoms. The van der Waals surface area contributed by atoms with Gasteiger partial charge in [-0.1, -0.05) is 24.3 Å². The van der Waals surface area contributed by atoms with Gasteiger partial charge in [-0.25, -0.2) is 8.42 Å². The van der Waals surface area contributed by atoms with E-state index in [1.807, 2.05) is 38.1 Å². The maximum Gasteiger partial charge on any atom is 0.203 e. The predicted octanol–water partition coefficient (Wildman–Crippen LogP) is 2.48. The minimum atomic E-state index is -3.61. The van der Waals surface area contributed by atoms with Crippen molar-refractivity contribution in [2.45, 2.75) is 29.7 Å². The summed E-state index contributed by atoms with van der Waals surface area (Å²) in [5, 5.41) is 5.72. The maximum atomic E-state index is 13.2.